The highest BCUT2D eigenvalue weighted by atomic mass is 32.1. The summed E-state index contributed by atoms with van der Waals surface area (Å²) in [5, 5.41) is 5.11. The maximum absolute atomic E-state index is 12.1. The van der Waals surface area contributed by atoms with Crippen LogP contribution in [0.25, 0.3) is 0 Å². The number of hydrogen-bond acceptors (Lipinski definition) is 4. The van der Waals surface area contributed by atoms with Gasteiger partial charge in [-0.15, -0.1) is 11.3 Å². The number of thiophene rings is 1. The highest BCUT2D eigenvalue weighted by Gasteiger charge is 2.24. The van der Waals surface area contributed by atoms with Crippen molar-refractivity contribution in [1.82, 2.24) is 15.1 Å². The van der Waals surface area contributed by atoms with Gasteiger partial charge >= 0.3 is 6.03 Å². The van der Waals surface area contributed by atoms with Gasteiger partial charge < -0.3 is 15.0 Å². The molecule has 124 valence electrons. The second-order valence-electron chi connectivity index (χ2n) is 5.95. The molecule has 1 fully saturated rings. The van der Waals surface area contributed by atoms with Gasteiger partial charge in [-0.3, -0.25) is 4.90 Å². The maximum Gasteiger partial charge on any atom is 0.317 e. The van der Waals surface area contributed by atoms with Crippen molar-refractivity contribution in [3.63, 3.8) is 0 Å². The van der Waals surface area contributed by atoms with Crippen LogP contribution in [0, 0.1) is 0 Å². The lowest BCUT2D eigenvalue weighted by molar-refractivity contribution is -0.0177. The monoisotopic (exact) mass is 325 g/mol. The van der Waals surface area contributed by atoms with Crippen LogP contribution in [0.3, 0.4) is 0 Å². The number of urea groups is 1. The number of amides is 2. The molecule has 2 heterocycles. The van der Waals surface area contributed by atoms with Crippen molar-refractivity contribution in [2.75, 3.05) is 39.9 Å². The largest absolute Gasteiger partial charge is 0.379 e. The van der Waals surface area contributed by atoms with Gasteiger partial charge in [0.25, 0.3) is 0 Å². The summed E-state index contributed by atoms with van der Waals surface area (Å²) in [4.78, 5) is 17.6. The molecule has 2 rings (SSSR count). The summed E-state index contributed by atoms with van der Waals surface area (Å²) in [5.41, 5.74) is 0. The molecule has 1 N–H and O–H groups in total. The first-order valence-corrected chi connectivity index (χ1v) is 8.80. The van der Waals surface area contributed by atoms with Crippen LogP contribution in [-0.4, -0.2) is 67.8 Å². The molecule has 0 aromatic carbocycles. The van der Waals surface area contributed by atoms with Crippen LogP contribution >= 0.6 is 11.3 Å². The summed E-state index contributed by atoms with van der Waals surface area (Å²) in [7, 11) is 1.85. The number of nitrogens with zero attached hydrogens (tertiary/aromatic N) is 2. The van der Waals surface area contributed by atoms with Gasteiger partial charge in [-0.05, 0) is 31.7 Å². The topological polar surface area (TPSA) is 44.8 Å². The summed E-state index contributed by atoms with van der Waals surface area (Å²) in [6.07, 6.45) is 0.914. The van der Waals surface area contributed by atoms with E-state index in [1.807, 2.05) is 13.1 Å². The molecule has 1 aliphatic heterocycles. The number of rotatable bonds is 6. The fourth-order valence-electron chi connectivity index (χ4n) is 2.72. The molecule has 1 aromatic rings. The summed E-state index contributed by atoms with van der Waals surface area (Å²) < 4.78 is 5.46. The Labute approximate surface area is 137 Å². The lowest BCUT2D eigenvalue weighted by atomic mass is 10.2. The molecule has 1 saturated heterocycles. The zero-order chi connectivity index (χ0) is 15.9. The molecule has 6 heteroatoms. The summed E-state index contributed by atoms with van der Waals surface area (Å²) in [6.45, 7) is 8.24. The molecule has 0 saturated carbocycles. The van der Waals surface area contributed by atoms with Crippen LogP contribution < -0.4 is 5.32 Å². The fraction of sp³-hybridized carbons (Fsp3) is 0.688. The molecule has 22 heavy (non-hydrogen) atoms. The molecule has 0 aliphatic carbocycles. The van der Waals surface area contributed by atoms with E-state index in [1.165, 1.54) is 4.88 Å². The van der Waals surface area contributed by atoms with Crippen molar-refractivity contribution in [1.29, 1.82) is 0 Å². The fourth-order valence-corrected chi connectivity index (χ4v) is 3.41. The minimum absolute atomic E-state index is 0.00400. The predicted molar refractivity (Wildman–Crippen MR) is 90.5 cm³/mol. The Bertz CT molecular complexity index is 452. The summed E-state index contributed by atoms with van der Waals surface area (Å²) in [6, 6.07) is 4.90. The van der Waals surface area contributed by atoms with E-state index in [4.69, 9.17) is 4.74 Å². The highest BCUT2D eigenvalue weighted by molar-refractivity contribution is 7.09. The molecule has 0 spiro atoms. The van der Waals surface area contributed by atoms with Gasteiger partial charge in [0.2, 0.25) is 0 Å². The Kier molecular flexibility index (Phi) is 6.67. The number of nitrogens with one attached hydrogen (secondary N) is 1. The smallest absolute Gasteiger partial charge is 0.317 e. The minimum atomic E-state index is 0.00400. The van der Waals surface area contributed by atoms with E-state index in [9.17, 15) is 4.79 Å². The zero-order valence-corrected chi connectivity index (χ0v) is 14.6. The highest BCUT2D eigenvalue weighted by Crippen LogP contribution is 2.11. The number of ether oxygens (including phenoxy) is 1. The third kappa shape index (κ3) is 4.97. The van der Waals surface area contributed by atoms with Crippen LogP contribution in [0.1, 0.15) is 18.7 Å². The van der Waals surface area contributed by atoms with Gasteiger partial charge in [-0.1, -0.05) is 6.07 Å². The van der Waals surface area contributed by atoms with Crippen LogP contribution in [0.15, 0.2) is 17.5 Å². The molecule has 0 unspecified atom stereocenters. The maximum atomic E-state index is 12.1. The first-order chi connectivity index (χ1) is 10.6. The Morgan fingerprint density at radius 3 is 3.14 bits per heavy atom. The Balaban J connectivity index is 1.69. The number of carbonyl (C=O) groups is 1. The molecule has 0 radical (unpaired) electrons. The Hall–Kier alpha value is -1.11. The molecular formula is C16H27N3O2S. The summed E-state index contributed by atoms with van der Waals surface area (Å²) >= 11 is 1.74. The quantitative estimate of drug-likeness (QED) is 0.870. The molecule has 1 aliphatic rings. The van der Waals surface area contributed by atoms with Gasteiger partial charge in [-0.25, -0.2) is 4.79 Å². The molecule has 5 nitrogen and oxygen atoms in total. The van der Waals surface area contributed by atoms with E-state index in [1.54, 1.807) is 16.2 Å². The van der Waals surface area contributed by atoms with Gasteiger partial charge in [-0.2, -0.15) is 0 Å². The molecule has 0 bridgehead atoms. The first kappa shape index (κ1) is 17.2. The van der Waals surface area contributed by atoms with E-state index in [0.29, 0.717) is 18.6 Å². The van der Waals surface area contributed by atoms with Gasteiger partial charge in [0, 0.05) is 43.6 Å². The van der Waals surface area contributed by atoms with Crippen molar-refractivity contribution in [3.8, 4) is 0 Å². The number of morpholine rings is 1. The summed E-state index contributed by atoms with van der Waals surface area (Å²) in [5.74, 6) is 0. The number of likely N-dealkylation sites (N-methyl/N-ethyl adjacent to an activating group) is 1. The van der Waals surface area contributed by atoms with Crippen molar-refractivity contribution in [3.05, 3.63) is 22.4 Å². The standard InChI is InChI=1S/C16H27N3O2S/c1-13(19-8-9-21-12-14(19)2)11-17-16(20)18(3)7-6-15-5-4-10-22-15/h4-5,10,13-14H,6-9,11-12H2,1-3H3,(H,17,20)/t13-,14-/m0/s1. The van der Waals surface area contributed by atoms with Crippen LogP contribution in [0.4, 0.5) is 4.79 Å². The number of carbonyl (C=O) groups excluding carboxylic acids is 1. The van der Waals surface area contributed by atoms with Crippen LogP contribution in [0.2, 0.25) is 0 Å². The SMILES string of the molecule is C[C@@H](CNC(=O)N(C)CCc1cccs1)N1CCOC[C@@H]1C. The Morgan fingerprint density at radius 2 is 2.45 bits per heavy atom. The molecule has 2 atom stereocenters. The Morgan fingerprint density at radius 1 is 1.64 bits per heavy atom. The van der Waals surface area contributed by atoms with E-state index in [-0.39, 0.29) is 6.03 Å². The van der Waals surface area contributed by atoms with E-state index < -0.39 is 0 Å². The average molecular weight is 325 g/mol. The lowest BCUT2D eigenvalue weighted by Gasteiger charge is -2.38. The van der Waals surface area contributed by atoms with Crippen molar-refractivity contribution < 1.29 is 9.53 Å². The third-order valence-electron chi connectivity index (χ3n) is 4.15. The van der Waals surface area contributed by atoms with E-state index in [0.717, 1.165) is 32.7 Å². The minimum Gasteiger partial charge on any atom is -0.379 e. The van der Waals surface area contributed by atoms with Gasteiger partial charge in [0.15, 0.2) is 0 Å². The zero-order valence-electron chi connectivity index (χ0n) is 13.7. The van der Waals surface area contributed by atoms with E-state index >= 15 is 0 Å². The second-order valence-corrected chi connectivity index (χ2v) is 6.98. The predicted octanol–water partition coefficient (Wildman–Crippen LogP) is 2.04. The number of hydrogen-bond donors (Lipinski definition) is 1. The van der Waals surface area contributed by atoms with Crippen molar-refractivity contribution in [2.45, 2.75) is 32.4 Å². The molecule has 2 amide bonds. The van der Waals surface area contributed by atoms with Gasteiger partial charge in [0.05, 0.1) is 13.2 Å². The molecular weight excluding hydrogens is 298 g/mol. The van der Waals surface area contributed by atoms with Gasteiger partial charge in [0.1, 0.15) is 0 Å². The first-order valence-electron chi connectivity index (χ1n) is 7.92. The lowest BCUT2D eigenvalue weighted by Crippen LogP contribution is -2.52. The second kappa shape index (κ2) is 8.50. The molecule has 1 aromatic heterocycles. The van der Waals surface area contributed by atoms with E-state index in [2.05, 4.69) is 35.5 Å². The van der Waals surface area contributed by atoms with Crippen molar-refractivity contribution >= 4 is 17.4 Å². The third-order valence-corrected chi connectivity index (χ3v) is 5.09. The average Bonchev–Trinajstić information content (AvgIpc) is 3.03. The normalized spacial score (nSPS) is 20.6. The van der Waals surface area contributed by atoms with Crippen molar-refractivity contribution in [2.24, 2.45) is 0 Å². The van der Waals surface area contributed by atoms with Crippen LogP contribution in [0.5, 0.6) is 0 Å². The van der Waals surface area contributed by atoms with Crippen LogP contribution in [-0.2, 0) is 11.2 Å².